The van der Waals surface area contributed by atoms with Crippen LogP contribution in [0.1, 0.15) is 44.6 Å². The molecule has 0 radical (unpaired) electrons. The summed E-state index contributed by atoms with van der Waals surface area (Å²) in [4.78, 5) is 2.69. The second-order valence-corrected chi connectivity index (χ2v) is 6.53. The lowest BCUT2D eigenvalue weighted by atomic mass is 9.91. The molecule has 1 aliphatic heterocycles. The third kappa shape index (κ3) is 2.79. The summed E-state index contributed by atoms with van der Waals surface area (Å²) < 4.78 is 0. The normalized spacial score (nSPS) is 23.4. The number of likely N-dealkylation sites (tertiary alicyclic amines) is 1. The first-order chi connectivity index (χ1) is 9.22. The van der Waals surface area contributed by atoms with E-state index in [2.05, 4.69) is 36.1 Å². The Morgan fingerprint density at radius 1 is 1.16 bits per heavy atom. The third-order valence-corrected chi connectivity index (χ3v) is 5.19. The van der Waals surface area contributed by atoms with Gasteiger partial charge in [0.1, 0.15) is 0 Å². The molecule has 2 aliphatic rings. The van der Waals surface area contributed by atoms with Gasteiger partial charge < -0.3 is 10.6 Å². The van der Waals surface area contributed by atoms with Crippen molar-refractivity contribution in [2.45, 2.75) is 44.4 Å². The van der Waals surface area contributed by atoms with Crippen LogP contribution in [0.15, 0.2) is 24.3 Å². The van der Waals surface area contributed by atoms with Crippen molar-refractivity contribution < 1.29 is 0 Å². The maximum absolute atomic E-state index is 5.79. The molecular weight excluding hydrogens is 232 g/mol. The van der Waals surface area contributed by atoms with Crippen LogP contribution < -0.4 is 5.73 Å². The van der Waals surface area contributed by atoms with Gasteiger partial charge in [0.25, 0.3) is 0 Å². The van der Waals surface area contributed by atoms with E-state index in [1.165, 1.54) is 57.3 Å². The minimum absolute atomic E-state index is 0.451. The second-order valence-electron chi connectivity index (χ2n) is 6.53. The number of hydrogen-bond acceptors (Lipinski definition) is 2. The summed E-state index contributed by atoms with van der Waals surface area (Å²) in [6.07, 6.45) is 6.86. The van der Waals surface area contributed by atoms with E-state index >= 15 is 0 Å². The van der Waals surface area contributed by atoms with Crippen LogP contribution >= 0.6 is 0 Å². The Balaban J connectivity index is 1.62. The van der Waals surface area contributed by atoms with E-state index in [0.29, 0.717) is 5.41 Å². The number of nitrogen functional groups attached to an aromatic ring is 1. The van der Waals surface area contributed by atoms with Gasteiger partial charge in [0, 0.05) is 17.6 Å². The van der Waals surface area contributed by atoms with Crippen molar-refractivity contribution in [3.05, 3.63) is 29.8 Å². The fraction of sp³-hybridized carbons (Fsp3) is 0.647. The molecule has 0 bridgehead atoms. The molecule has 1 saturated carbocycles. The Labute approximate surface area is 117 Å². The Kier molecular flexibility index (Phi) is 3.53. The molecule has 2 N–H and O–H groups in total. The number of piperidine rings is 1. The van der Waals surface area contributed by atoms with Crippen molar-refractivity contribution in [2.75, 3.05) is 25.4 Å². The molecule has 0 aromatic heterocycles. The zero-order valence-electron chi connectivity index (χ0n) is 12.1. The van der Waals surface area contributed by atoms with Crippen molar-refractivity contribution in [2.24, 2.45) is 5.92 Å². The van der Waals surface area contributed by atoms with Crippen molar-refractivity contribution in [3.63, 3.8) is 0 Å². The van der Waals surface area contributed by atoms with Gasteiger partial charge in [-0.25, -0.2) is 0 Å². The first kappa shape index (κ1) is 13.0. The first-order valence-electron chi connectivity index (χ1n) is 7.80. The molecule has 1 saturated heterocycles. The summed E-state index contributed by atoms with van der Waals surface area (Å²) in [7, 11) is 0. The van der Waals surface area contributed by atoms with Crippen LogP contribution in [0.2, 0.25) is 0 Å². The largest absolute Gasteiger partial charge is 0.399 e. The molecule has 0 unspecified atom stereocenters. The maximum atomic E-state index is 5.79. The number of nitrogens with zero attached hydrogens (tertiary/aromatic N) is 1. The summed E-state index contributed by atoms with van der Waals surface area (Å²) in [5.74, 6) is 0.975. The summed E-state index contributed by atoms with van der Waals surface area (Å²) in [6, 6.07) is 8.58. The number of benzene rings is 1. The standard InChI is InChI=1S/C17H26N2/c1-2-14-7-11-19(12-8-14)13-17(9-10-17)15-3-5-16(18)6-4-15/h3-6,14H,2,7-13,18H2,1H3. The molecule has 1 aromatic rings. The van der Waals surface area contributed by atoms with Crippen LogP contribution in [0.25, 0.3) is 0 Å². The average Bonchev–Trinajstić information content (AvgIpc) is 3.21. The van der Waals surface area contributed by atoms with E-state index in [1.54, 1.807) is 0 Å². The zero-order chi connectivity index (χ0) is 13.3. The van der Waals surface area contributed by atoms with E-state index in [0.717, 1.165) is 11.6 Å². The number of anilines is 1. The second kappa shape index (κ2) is 5.16. The smallest absolute Gasteiger partial charge is 0.0314 e. The molecule has 104 valence electrons. The lowest BCUT2D eigenvalue weighted by Crippen LogP contribution is -2.38. The topological polar surface area (TPSA) is 29.3 Å². The van der Waals surface area contributed by atoms with Crippen LogP contribution in [0.4, 0.5) is 5.69 Å². The fourth-order valence-electron chi connectivity index (χ4n) is 3.51. The Bertz CT molecular complexity index is 411. The molecular formula is C17H26N2. The van der Waals surface area contributed by atoms with Crippen molar-refractivity contribution in [1.82, 2.24) is 4.90 Å². The van der Waals surface area contributed by atoms with Gasteiger partial charge in [-0.05, 0) is 62.4 Å². The lowest BCUT2D eigenvalue weighted by molar-refractivity contribution is 0.168. The van der Waals surface area contributed by atoms with Gasteiger partial charge in [-0.2, -0.15) is 0 Å². The third-order valence-electron chi connectivity index (χ3n) is 5.19. The van der Waals surface area contributed by atoms with Crippen LogP contribution in [-0.4, -0.2) is 24.5 Å². The fourth-order valence-corrected chi connectivity index (χ4v) is 3.51. The minimum Gasteiger partial charge on any atom is -0.399 e. The van der Waals surface area contributed by atoms with Gasteiger partial charge in [-0.3, -0.25) is 0 Å². The molecule has 3 rings (SSSR count). The van der Waals surface area contributed by atoms with E-state index in [1.807, 2.05) is 0 Å². The SMILES string of the molecule is CCC1CCN(CC2(c3ccc(N)cc3)CC2)CC1. The highest BCUT2D eigenvalue weighted by molar-refractivity contribution is 5.43. The molecule has 0 amide bonds. The highest BCUT2D eigenvalue weighted by Crippen LogP contribution is 2.49. The van der Waals surface area contributed by atoms with Crippen molar-refractivity contribution >= 4 is 5.69 Å². The summed E-state index contributed by atoms with van der Waals surface area (Å²) >= 11 is 0. The lowest BCUT2D eigenvalue weighted by Gasteiger charge is -2.34. The predicted molar refractivity (Wildman–Crippen MR) is 81.2 cm³/mol. The maximum Gasteiger partial charge on any atom is 0.0314 e. The van der Waals surface area contributed by atoms with Crippen LogP contribution in [0, 0.1) is 5.92 Å². The molecule has 2 nitrogen and oxygen atoms in total. The van der Waals surface area contributed by atoms with E-state index in [-0.39, 0.29) is 0 Å². The van der Waals surface area contributed by atoms with E-state index < -0.39 is 0 Å². The van der Waals surface area contributed by atoms with Crippen LogP contribution in [0.5, 0.6) is 0 Å². The van der Waals surface area contributed by atoms with E-state index in [4.69, 9.17) is 5.73 Å². The molecule has 19 heavy (non-hydrogen) atoms. The number of rotatable bonds is 4. The van der Waals surface area contributed by atoms with Crippen LogP contribution in [-0.2, 0) is 5.41 Å². The minimum atomic E-state index is 0.451. The van der Waals surface area contributed by atoms with E-state index in [9.17, 15) is 0 Å². The van der Waals surface area contributed by atoms with Gasteiger partial charge in [0.2, 0.25) is 0 Å². The number of hydrogen-bond donors (Lipinski definition) is 1. The van der Waals surface area contributed by atoms with Crippen molar-refractivity contribution in [1.29, 1.82) is 0 Å². The first-order valence-corrected chi connectivity index (χ1v) is 7.80. The summed E-state index contributed by atoms with van der Waals surface area (Å²) in [6.45, 7) is 6.19. The molecule has 2 heteroatoms. The number of nitrogens with two attached hydrogens (primary N) is 1. The Morgan fingerprint density at radius 3 is 2.32 bits per heavy atom. The van der Waals surface area contributed by atoms with Gasteiger partial charge in [0.05, 0.1) is 0 Å². The van der Waals surface area contributed by atoms with Gasteiger partial charge in [-0.1, -0.05) is 25.5 Å². The summed E-state index contributed by atoms with van der Waals surface area (Å²) in [5.41, 5.74) is 8.62. The van der Waals surface area contributed by atoms with Crippen LogP contribution in [0.3, 0.4) is 0 Å². The highest BCUT2D eigenvalue weighted by Gasteiger charge is 2.45. The monoisotopic (exact) mass is 258 g/mol. The predicted octanol–water partition coefficient (Wildman–Crippen LogP) is 3.42. The molecule has 1 aromatic carbocycles. The van der Waals surface area contributed by atoms with Crippen molar-refractivity contribution in [3.8, 4) is 0 Å². The molecule has 2 fully saturated rings. The zero-order valence-corrected chi connectivity index (χ0v) is 12.1. The van der Waals surface area contributed by atoms with Gasteiger partial charge >= 0.3 is 0 Å². The molecule has 0 spiro atoms. The Hall–Kier alpha value is -1.02. The van der Waals surface area contributed by atoms with Gasteiger partial charge in [-0.15, -0.1) is 0 Å². The average molecular weight is 258 g/mol. The molecule has 1 aliphatic carbocycles. The van der Waals surface area contributed by atoms with Gasteiger partial charge in [0.15, 0.2) is 0 Å². The highest BCUT2D eigenvalue weighted by atomic mass is 15.1. The molecule has 0 atom stereocenters. The Morgan fingerprint density at radius 2 is 1.79 bits per heavy atom. The quantitative estimate of drug-likeness (QED) is 0.838. The molecule has 1 heterocycles. The summed E-state index contributed by atoms with van der Waals surface area (Å²) in [5, 5.41) is 0.